The first-order valence-corrected chi connectivity index (χ1v) is 13.0. The molecule has 32 heavy (non-hydrogen) atoms. The van der Waals surface area contributed by atoms with Gasteiger partial charge in [-0.2, -0.15) is 0 Å². The van der Waals surface area contributed by atoms with Gasteiger partial charge in [0.1, 0.15) is 13.1 Å². The van der Waals surface area contributed by atoms with Gasteiger partial charge >= 0.3 is 0 Å². The Labute approximate surface area is 190 Å². The second-order valence-electron chi connectivity index (χ2n) is 8.52. The largest absolute Gasteiger partial charge is 0.308 e. The zero-order valence-electron chi connectivity index (χ0n) is 19.2. The summed E-state index contributed by atoms with van der Waals surface area (Å²) in [7, 11) is -2.96. The smallest absolute Gasteiger partial charge is 0.181 e. The van der Waals surface area contributed by atoms with Crippen LogP contribution in [-0.4, -0.2) is 0 Å². The third-order valence-electron chi connectivity index (χ3n) is 6.71. The maximum Gasteiger partial charge on any atom is 0.181 e. The van der Waals surface area contributed by atoms with Crippen molar-refractivity contribution in [2.45, 2.75) is 40.8 Å². The van der Waals surface area contributed by atoms with E-state index in [4.69, 9.17) is 0 Å². The molecule has 5 rings (SSSR count). The van der Waals surface area contributed by atoms with Gasteiger partial charge in [-0.05, 0) is 36.6 Å². The Morgan fingerprint density at radius 3 is 2.09 bits per heavy atom. The summed E-state index contributed by atoms with van der Waals surface area (Å²) in [5.41, 5.74) is 6.88. The Morgan fingerprint density at radius 2 is 1.41 bits per heavy atom. The summed E-state index contributed by atoms with van der Waals surface area (Å²) in [5, 5.41) is 2.81. The number of hydrogen-bond acceptors (Lipinski definition) is 1. The number of pyridine rings is 2. The van der Waals surface area contributed by atoms with E-state index in [-0.39, 0.29) is 0 Å². The van der Waals surface area contributed by atoms with Crippen molar-refractivity contribution < 1.29 is 13.7 Å². The minimum absolute atomic E-state index is 0.857. The van der Waals surface area contributed by atoms with Crippen LogP contribution in [-0.2, 0) is 17.7 Å². The first-order chi connectivity index (χ1) is 15.5. The van der Waals surface area contributed by atoms with Crippen LogP contribution in [0.3, 0.4) is 0 Å². The third-order valence-corrected chi connectivity index (χ3v) is 9.82. The fourth-order valence-corrected chi connectivity index (χ4v) is 8.00. The van der Waals surface area contributed by atoms with Crippen molar-refractivity contribution in [2.24, 2.45) is 0 Å². The van der Waals surface area contributed by atoms with Gasteiger partial charge in [0, 0.05) is 48.2 Å². The molecule has 1 aliphatic heterocycles. The molecule has 4 heteroatoms. The van der Waals surface area contributed by atoms with E-state index in [9.17, 15) is 4.57 Å². The SMILES string of the molecule is CC[n+]1ccc(-c2ccc3c(c2)P(=O)(c2ccccc2)c2c[n+](CC)c(C)cc2-3)cc1C. The molecule has 0 saturated heterocycles. The molecule has 0 saturated carbocycles. The molecule has 1 unspecified atom stereocenters. The van der Waals surface area contributed by atoms with E-state index < -0.39 is 7.14 Å². The Balaban J connectivity index is 1.77. The topological polar surface area (TPSA) is 24.8 Å². The van der Waals surface area contributed by atoms with Crippen LogP contribution in [0.15, 0.2) is 79.1 Å². The Morgan fingerprint density at radius 1 is 0.719 bits per heavy atom. The molecule has 2 aromatic carbocycles. The quantitative estimate of drug-likeness (QED) is 0.304. The van der Waals surface area contributed by atoms with E-state index >= 15 is 0 Å². The van der Waals surface area contributed by atoms with Crippen molar-refractivity contribution >= 4 is 23.1 Å². The van der Waals surface area contributed by atoms with Gasteiger partial charge in [-0.3, -0.25) is 0 Å². The van der Waals surface area contributed by atoms with E-state index in [1.165, 1.54) is 11.4 Å². The molecular formula is C28H29N2OP+2. The molecule has 0 fully saturated rings. The molecule has 0 bridgehead atoms. The molecule has 0 radical (unpaired) electrons. The van der Waals surface area contributed by atoms with E-state index in [0.717, 1.165) is 51.3 Å². The van der Waals surface area contributed by atoms with E-state index in [1.807, 2.05) is 30.3 Å². The van der Waals surface area contributed by atoms with E-state index in [2.05, 4.69) is 85.6 Å². The average Bonchev–Trinajstić information content (AvgIpc) is 3.07. The number of nitrogens with zero attached hydrogens (tertiary/aromatic N) is 2. The van der Waals surface area contributed by atoms with E-state index in [1.54, 1.807) is 0 Å². The first-order valence-electron chi connectivity index (χ1n) is 11.3. The van der Waals surface area contributed by atoms with Crippen LogP contribution in [0, 0.1) is 13.8 Å². The lowest BCUT2D eigenvalue weighted by Gasteiger charge is -2.16. The Hall–Kier alpha value is -3.03. The van der Waals surface area contributed by atoms with Gasteiger partial charge in [0.05, 0.1) is 5.30 Å². The van der Waals surface area contributed by atoms with Gasteiger partial charge < -0.3 is 4.57 Å². The fourth-order valence-electron chi connectivity index (χ4n) is 4.92. The molecule has 3 nitrogen and oxygen atoms in total. The van der Waals surface area contributed by atoms with Crippen LogP contribution in [0.5, 0.6) is 0 Å². The van der Waals surface area contributed by atoms with Crippen molar-refractivity contribution in [3.05, 3.63) is 90.5 Å². The third kappa shape index (κ3) is 3.07. The van der Waals surface area contributed by atoms with E-state index in [0.29, 0.717) is 0 Å². The van der Waals surface area contributed by atoms with Crippen molar-refractivity contribution in [3.8, 4) is 22.3 Å². The molecule has 0 aliphatic carbocycles. The van der Waals surface area contributed by atoms with Gasteiger partial charge in [-0.25, -0.2) is 9.13 Å². The molecule has 0 amide bonds. The van der Waals surface area contributed by atoms with Crippen molar-refractivity contribution in [1.29, 1.82) is 0 Å². The number of fused-ring (bicyclic) bond motifs is 3. The van der Waals surface area contributed by atoms with Gasteiger partial charge in [0.25, 0.3) is 0 Å². The predicted molar refractivity (Wildman–Crippen MR) is 131 cm³/mol. The van der Waals surface area contributed by atoms with Gasteiger partial charge in [0.2, 0.25) is 0 Å². The summed E-state index contributed by atoms with van der Waals surface area (Å²) < 4.78 is 19.4. The standard InChI is InChI=1S/C28H29N2OP/c1-5-29-15-14-23(16-20(29)3)22-12-13-25-26-17-21(4)30(6-2)19-28(26)32(31,27(25)18-22)24-10-8-7-9-11-24/h7-19H,5-6H2,1-4H3/q+2. The van der Waals surface area contributed by atoms with Gasteiger partial charge in [0.15, 0.2) is 30.9 Å². The zero-order chi connectivity index (χ0) is 22.5. The van der Waals surface area contributed by atoms with Crippen LogP contribution in [0.4, 0.5) is 0 Å². The van der Waals surface area contributed by atoms with Gasteiger partial charge in [-0.15, -0.1) is 0 Å². The maximum atomic E-state index is 15.0. The summed E-state index contributed by atoms with van der Waals surface area (Å²) in [6, 6.07) is 23.1. The normalized spacial score (nSPS) is 16.6. The van der Waals surface area contributed by atoms with Crippen LogP contribution in [0.25, 0.3) is 22.3 Å². The average molecular weight is 441 g/mol. The molecule has 0 spiro atoms. The minimum Gasteiger partial charge on any atom is -0.308 e. The van der Waals surface area contributed by atoms with Crippen molar-refractivity contribution in [3.63, 3.8) is 0 Å². The minimum atomic E-state index is -2.96. The van der Waals surface area contributed by atoms with Crippen molar-refractivity contribution in [1.82, 2.24) is 0 Å². The number of benzene rings is 2. The zero-order valence-corrected chi connectivity index (χ0v) is 20.1. The number of rotatable bonds is 4. The van der Waals surface area contributed by atoms with Crippen LogP contribution in [0.1, 0.15) is 25.2 Å². The molecule has 4 aromatic rings. The Bertz CT molecular complexity index is 1390. The second kappa shape index (κ2) is 7.83. The summed E-state index contributed by atoms with van der Waals surface area (Å²) >= 11 is 0. The van der Waals surface area contributed by atoms with Crippen LogP contribution < -0.4 is 25.0 Å². The maximum absolute atomic E-state index is 15.0. The molecule has 160 valence electrons. The molecule has 2 aromatic heterocycles. The molecule has 1 atom stereocenters. The lowest BCUT2D eigenvalue weighted by Crippen LogP contribution is -2.39. The van der Waals surface area contributed by atoms with Crippen molar-refractivity contribution in [2.75, 3.05) is 0 Å². The number of aryl methyl sites for hydroxylation is 4. The predicted octanol–water partition coefficient (Wildman–Crippen LogP) is 4.21. The summed E-state index contributed by atoms with van der Waals surface area (Å²) in [6.07, 6.45) is 4.26. The highest BCUT2D eigenvalue weighted by molar-refractivity contribution is 7.86. The highest BCUT2D eigenvalue weighted by atomic mass is 31.2. The summed E-state index contributed by atoms with van der Waals surface area (Å²) in [6.45, 7) is 10.4. The van der Waals surface area contributed by atoms with Gasteiger partial charge in [-0.1, -0.05) is 42.5 Å². The highest BCUT2D eigenvalue weighted by Gasteiger charge is 2.43. The fraction of sp³-hybridized carbons (Fsp3) is 0.214. The number of aromatic nitrogens is 2. The first kappa shape index (κ1) is 20.8. The number of hydrogen-bond donors (Lipinski definition) is 0. The lowest BCUT2D eigenvalue weighted by molar-refractivity contribution is -0.699. The molecule has 3 heterocycles. The molecular weight excluding hydrogens is 411 g/mol. The van der Waals surface area contributed by atoms with Crippen LogP contribution >= 0.6 is 7.14 Å². The molecule has 0 N–H and O–H groups in total. The lowest BCUT2D eigenvalue weighted by atomic mass is 10.0. The monoisotopic (exact) mass is 440 g/mol. The molecule has 1 aliphatic rings. The summed E-state index contributed by atoms with van der Waals surface area (Å²) in [5.74, 6) is 0. The highest BCUT2D eigenvalue weighted by Crippen LogP contribution is 2.52. The summed E-state index contributed by atoms with van der Waals surface area (Å²) in [4.78, 5) is 0. The van der Waals surface area contributed by atoms with Crippen LogP contribution in [0.2, 0.25) is 0 Å². The Kier molecular flexibility index (Phi) is 5.10. The second-order valence-corrected chi connectivity index (χ2v) is 11.2.